The molecule has 14 heteroatoms. The number of nitrogens with zero attached hydrogens (tertiary/aromatic N) is 4. The van der Waals surface area contributed by atoms with E-state index in [1.165, 1.54) is 22.5 Å². The SMILES string of the molecule is O=C(Nc1nc2ccc(S(=O)(=O)N3CCCCC3)cc2s1)c1cc([N+](=O)[O-])cc([N+](=O)[O-])c1. The molecule has 1 fully saturated rings. The van der Waals surface area contributed by atoms with Gasteiger partial charge in [0.2, 0.25) is 10.0 Å². The molecule has 1 amide bonds. The first-order valence-electron chi connectivity index (χ1n) is 9.81. The van der Waals surface area contributed by atoms with Crippen molar-refractivity contribution in [2.45, 2.75) is 24.2 Å². The number of aromatic nitrogens is 1. The van der Waals surface area contributed by atoms with Gasteiger partial charge in [-0.05, 0) is 31.0 Å². The molecule has 1 N–H and O–H groups in total. The van der Waals surface area contributed by atoms with Crippen molar-refractivity contribution in [1.82, 2.24) is 9.29 Å². The summed E-state index contributed by atoms with van der Waals surface area (Å²) in [6.07, 6.45) is 2.62. The number of rotatable bonds is 6. The van der Waals surface area contributed by atoms with Crippen molar-refractivity contribution in [1.29, 1.82) is 0 Å². The van der Waals surface area contributed by atoms with E-state index in [0.29, 0.717) is 23.3 Å². The normalized spacial score (nSPS) is 14.8. The second kappa shape index (κ2) is 8.80. The van der Waals surface area contributed by atoms with Crippen molar-refractivity contribution in [2.24, 2.45) is 0 Å². The van der Waals surface area contributed by atoms with E-state index in [1.54, 1.807) is 0 Å². The number of hydrogen-bond donors (Lipinski definition) is 1. The fourth-order valence-electron chi connectivity index (χ4n) is 3.48. The molecule has 3 aromatic rings. The number of sulfonamides is 1. The highest BCUT2D eigenvalue weighted by molar-refractivity contribution is 7.89. The fraction of sp³-hybridized carbons (Fsp3) is 0.263. The van der Waals surface area contributed by atoms with Gasteiger partial charge in [0.25, 0.3) is 17.3 Å². The molecule has 0 saturated carbocycles. The summed E-state index contributed by atoms with van der Waals surface area (Å²) < 4.78 is 27.8. The van der Waals surface area contributed by atoms with Gasteiger partial charge < -0.3 is 0 Å². The minimum atomic E-state index is -3.64. The predicted octanol–water partition coefficient (Wildman–Crippen LogP) is 3.54. The van der Waals surface area contributed by atoms with Gasteiger partial charge in [0.05, 0.1) is 36.6 Å². The van der Waals surface area contributed by atoms with Crippen LogP contribution in [0, 0.1) is 20.2 Å². The van der Waals surface area contributed by atoms with Crippen molar-refractivity contribution in [3.8, 4) is 0 Å². The van der Waals surface area contributed by atoms with Gasteiger partial charge in [0.15, 0.2) is 5.13 Å². The molecule has 2 aromatic carbocycles. The maximum absolute atomic E-state index is 12.9. The number of anilines is 1. The van der Waals surface area contributed by atoms with E-state index >= 15 is 0 Å². The Morgan fingerprint density at radius 2 is 1.64 bits per heavy atom. The zero-order valence-corrected chi connectivity index (χ0v) is 18.6. The third-order valence-corrected chi connectivity index (χ3v) is 7.95. The number of piperidine rings is 1. The standard InChI is InChI=1S/C19H17N5O7S2/c25-18(12-8-13(23(26)27)10-14(9-12)24(28)29)21-19-20-16-5-4-15(11-17(16)32-19)33(30,31)22-6-2-1-3-7-22/h4-5,8-11H,1-3,6-7H2,(H,20,21,25). The topological polar surface area (TPSA) is 166 Å². The second-order valence-electron chi connectivity index (χ2n) is 7.32. The van der Waals surface area contributed by atoms with Crippen LogP contribution in [0.2, 0.25) is 0 Å². The Kier molecular flexibility index (Phi) is 6.05. The fourth-order valence-corrected chi connectivity index (χ4v) is 6.00. The van der Waals surface area contributed by atoms with Gasteiger partial charge in [-0.1, -0.05) is 17.8 Å². The highest BCUT2D eigenvalue weighted by Crippen LogP contribution is 2.31. The largest absolute Gasteiger partial charge is 0.298 e. The molecule has 12 nitrogen and oxygen atoms in total. The van der Waals surface area contributed by atoms with Crippen LogP contribution in [0.4, 0.5) is 16.5 Å². The Balaban J connectivity index is 1.60. The van der Waals surface area contributed by atoms with E-state index in [-0.39, 0.29) is 15.6 Å². The van der Waals surface area contributed by atoms with E-state index in [2.05, 4.69) is 10.3 Å². The molecule has 0 bridgehead atoms. The van der Waals surface area contributed by atoms with Crippen LogP contribution in [0.25, 0.3) is 10.2 Å². The molecule has 172 valence electrons. The molecule has 1 aliphatic heterocycles. The lowest BCUT2D eigenvalue weighted by molar-refractivity contribution is -0.394. The number of fused-ring (bicyclic) bond motifs is 1. The molecule has 33 heavy (non-hydrogen) atoms. The molecule has 0 spiro atoms. The van der Waals surface area contributed by atoms with Crippen molar-refractivity contribution in [3.05, 3.63) is 62.2 Å². The Labute approximate surface area is 191 Å². The summed E-state index contributed by atoms with van der Waals surface area (Å²) in [4.78, 5) is 37.4. The van der Waals surface area contributed by atoms with Gasteiger partial charge in [0.1, 0.15) is 0 Å². The number of benzene rings is 2. The Hall–Kier alpha value is -3.49. The summed E-state index contributed by atoms with van der Waals surface area (Å²) in [5.74, 6) is -0.818. The molecule has 2 heterocycles. The first kappa shape index (κ1) is 22.7. The smallest absolute Gasteiger partial charge is 0.277 e. The van der Waals surface area contributed by atoms with E-state index in [0.717, 1.165) is 48.8 Å². The van der Waals surface area contributed by atoms with E-state index in [9.17, 15) is 33.4 Å². The second-order valence-corrected chi connectivity index (χ2v) is 10.3. The van der Waals surface area contributed by atoms with Gasteiger partial charge in [-0.2, -0.15) is 4.31 Å². The van der Waals surface area contributed by atoms with Gasteiger partial charge in [-0.15, -0.1) is 0 Å². The molecule has 1 aliphatic rings. The van der Waals surface area contributed by atoms with Crippen molar-refractivity contribution in [2.75, 3.05) is 18.4 Å². The van der Waals surface area contributed by atoms with Crippen LogP contribution in [0.15, 0.2) is 41.3 Å². The molecule has 0 atom stereocenters. The third-order valence-electron chi connectivity index (χ3n) is 5.12. The lowest BCUT2D eigenvalue weighted by Crippen LogP contribution is -2.35. The quantitative estimate of drug-likeness (QED) is 0.404. The summed E-state index contributed by atoms with van der Waals surface area (Å²) in [6.45, 7) is 0.944. The van der Waals surface area contributed by atoms with Crippen LogP contribution in [0.3, 0.4) is 0 Å². The zero-order valence-electron chi connectivity index (χ0n) is 17.0. The lowest BCUT2D eigenvalue weighted by atomic mass is 10.1. The van der Waals surface area contributed by atoms with Crippen molar-refractivity contribution < 1.29 is 23.1 Å². The highest BCUT2D eigenvalue weighted by atomic mass is 32.2. The minimum absolute atomic E-state index is 0.122. The first-order chi connectivity index (χ1) is 15.6. The molecule has 0 aliphatic carbocycles. The summed E-state index contributed by atoms with van der Waals surface area (Å²) in [5, 5.41) is 24.7. The van der Waals surface area contributed by atoms with Gasteiger partial charge in [0, 0.05) is 25.2 Å². The van der Waals surface area contributed by atoms with Crippen LogP contribution in [0.1, 0.15) is 29.6 Å². The number of nitro groups is 2. The molecule has 0 unspecified atom stereocenters. The number of amides is 1. The van der Waals surface area contributed by atoms with Gasteiger partial charge in [-0.3, -0.25) is 30.3 Å². The number of nitro benzene ring substituents is 2. The van der Waals surface area contributed by atoms with E-state index in [4.69, 9.17) is 0 Å². The zero-order chi connectivity index (χ0) is 23.8. The predicted molar refractivity (Wildman–Crippen MR) is 120 cm³/mol. The van der Waals surface area contributed by atoms with Crippen LogP contribution in [-0.2, 0) is 10.0 Å². The molecule has 1 saturated heterocycles. The summed E-state index contributed by atoms with van der Waals surface area (Å²) in [7, 11) is -3.64. The molecule has 0 radical (unpaired) electrons. The van der Waals surface area contributed by atoms with E-state index in [1.807, 2.05) is 0 Å². The van der Waals surface area contributed by atoms with Crippen LogP contribution in [-0.4, -0.2) is 46.6 Å². The number of hydrogen-bond acceptors (Lipinski definition) is 9. The van der Waals surface area contributed by atoms with Crippen molar-refractivity contribution in [3.63, 3.8) is 0 Å². The average molecular weight is 492 g/mol. The number of carbonyl (C=O) groups excluding carboxylic acids is 1. The lowest BCUT2D eigenvalue weighted by Gasteiger charge is -2.25. The molecular formula is C19H17N5O7S2. The van der Waals surface area contributed by atoms with E-state index < -0.39 is 37.2 Å². The molecule has 4 rings (SSSR count). The Morgan fingerprint density at radius 1 is 1.00 bits per heavy atom. The molecule has 1 aromatic heterocycles. The number of nitrogens with one attached hydrogen (secondary N) is 1. The average Bonchev–Trinajstić information content (AvgIpc) is 3.20. The van der Waals surface area contributed by atoms with Crippen LogP contribution >= 0.6 is 11.3 Å². The third kappa shape index (κ3) is 4.67. The highest BCUT2D eigenvalue weighted by Gasteiger charge is 2.26. The monoisotopic (exact) mass is 491 g/mol. The first-order valence-corrected chi connectivity index (χ1v) is 12.1. The molecular weight excluding hydrogens is 474 g/mol. The maximum atomic E-state index is 12.9. The maximum Gasteiger partial charge on any atom is 0.277 e. The van der Waals surface area contributed by atoms with Crippen LogP contribution in [0.5, 0.6) is 0 Å². The Bertz CT molecular complexity index is 1350. The number of carbonyl (C=O) groups is 1. The minimum Gasteiger partial charge on any atom is -0.298 e. The summed E-state index contributed by atoms with van der Waals surface area (Å²) in [5.41, 5.74) is -1.00. The van der Waals surface area contributed by atoms with Gasteiger partial charge >= 0.3 is 0 Å². The van der Waals surface area contributed by atoms with Gasteiger partial charge in [-0.25, -0.2) is 13.4 Å². The number of thiazole rings is 1. The summed E-state index contributed by atoms with van der Waals surface area (Å²) in [6, 6.07) is 7.11. The number of non-ortho nitro benzene ring substituents is 2. The van der Waals surface area contributed by atoms with Crippen LogP contribution < -0.4 is 5.32 Å². The van der Waals surface area contributed by atoms with Crippen molar-refractivity contribution >= 4 is 54.0 Å². The Morgan fingerprint density at radius 3 is 2.24 bits per heavy atom. The summed E-state index contributed by atoms with van der Waals surface area (Å²) >= 11 is 1.02.